The van der Waals surface area contributed by atoms with Crippen LogP contribution in [0.4, 0.5) is 10.5 Å². The predicted molar refractivity (Wildman–Crippen MR) is 75.0 cm³/mol. The highest BCUT2D eigenvalue weighted by atomic mass is 16.6. The molecule has 2 rings (SSSR count). The molecule has 118 valence electrons. The fourth-order valence-electron chi connectivity index (χ4n) is 2.06. The zero-order valence-corrected chi connectivity index (χ0v) is 12.6. The summed E-state index contributed by atoms with van der Waals surface area (Å²) in [6.07, 6.45) is 0.776. The van der Waals surface area contributed by atoms with Crippen molar-refractivity contribution in [3.8, 4) is 6.07 Å². The molecule has 0 radical (unpaired) electrons. The molecule has 1 aromatic heterocycles. The first-order chi connectivity index (χ1) is 10.2. The normalized spacial score (nSPS) is 15.1. The van der Waals surface area contributed by atoms with Gasteiger partial charge in [-0.3, -0.25) is 14.8 Å². The first-order valence-corrected chi connectivity index (χ1v) is 6.78. The molecule has 1 fully saturated rings. The van der Waals surface area contributed by atoms with E-state index >= 15 is 0 Å². The van der Waals surface area contributed by atoms with E-state index in [4.69, 9.17) is 10.00 Å². The van der Waals surface area contributed by atoms with Crippen LogP contribution < -0.4 is 0 Å². The monoisotopic (exact) mass is 307 g/mol. The van der Waals surface area contributed by atoms with Gasteiger partial charge >= 0.3 is 11.8 Å². The zero-order chi connectivity index (χ0) is 16.5. The summed E-state index contributed by atoms with van der Waals surface area (Å²) in [5.74, 6) is 0. The van der Waals surface area contributed by atoms with Crippen LogP contribution in [-0.2, 0) is 11.2 Å². The molecule has 0 aromatic carbocycles. The highest BCUT2D eigenvalue weighted by molar-refractivity contribution is 5.69. The van der Waals surface area contributed by atoms with Crippen LogP contribution in [0, 0.1) is 21.4 Å². The SMILES string of the molecule is CC(C)(C)OC(=O)N1CC(n2cc([N+](=O)[O-])c(CC#N)n2)C1. The third kappa shape index (κ3) is 3.33. The van der Waals surface area contributed by atoms with Gasteiger partial charge in [-0.1, -0.05) is 0 Å². The fourth-order valence-corrected chi connectivity index (χ4v) is 2.06. The minimum Gasteiger partial charge on any atom is -0.444 e. The maximum absolute atomic E-state index is 11.8. The molecule has 1 saturated heterocycles. The number of ether oxygens (including phenoxy) is 1. The second kappa shape index (κ2) is 5.63. The molecule has 22 heavy (non-hydrogen) atoms. The second-order valence-corrected chi connectivity index (χ2v) is 6.07. The van der Waals surface area contributed by atoms with Gasteiger partial charge in [-0.05, 0) is 20.8 Å². The van der Waals surface area contributed by atoms with Crippen LogP contribution in [0.3, 0.4) is 0 Å². The first kappa shape index (κ1) is 15.8. The van der Waals surface area contributed by atoms with Crippen molar-refractivity contribution in [1.29, 1.82) is 5.26 Å². The number of hydrogen-bond donors (Lipinski definition) is 0. The Morgan fingerprint density at radius 1 is 1.59 bits per heavy atom. The van der Waals surface area contributed by atoms with Gasteiger partial charge in [0.15, 0.2) is 5.69 Å². The minimum atomic E-state index is -0.563. The van der Waals surface area contributed by atoms with Gasteiger partial charge in [0.1, 0.15) is 11.8 Å². The van der Waals surface area contributed by atoms with Gasteiger partial charge in [-0.2, -0.15) is 10.4 Å². The molecule has 1 amide bonds. The van der Waals surface area contributed by atoms with Crippen LogP contribution in [0.1, 0.15) is 32.5 Å². The molecule has 0 unspecified atom stereocenters. The van der Waals surface area contributed by atoms with Gasteiger partial charge in [0.25, 0.3) is 0 Å². The van der Waals surface area contributed by atoms with Crippen molar-refractivity contribution in [2.24, 2.45) is 0 Å². The number of nitrogens with zero attached hydrogens (tertiary/aromatic N) is 5. The van der Waals surface area contributed by atoms with E-state index in [1.165, 1.54) is 15.8 Å². The van der Waals surface area contributed by atoms with Crippen LogP contribution in [0.15, 0.2) is 6.20 Å². The molecule has 0 bridgehead atoms. The van der Waals surface area contributed by atoms with Gasteiger partial charge in [0, 0.05) is 13.1 Å². The Kier molecular flexibility index (Phi) is 4.03. The lowest BCUT2D eigenvalue weighted by Crippen LogP contribution is -2.52. The Morgan fingerprint density at radius 2 is 2.23 bits per heavy atom. The molecule has 9 nitrogen and oxygen atoms in total. The largest absolute Gasteiger partial charge is 0.444 e. The number of nitro groups is 1. The van der Waals surface area contributed by atoms with E-state index in [-0.39, 0.29) is 23.8 Å². The lowest BCUT2D eigenvalue weighted by Gasteiger charge is -2.39. The van der Waals surface area contributed by atoms with Crippen molar-refractivity contribution in [3.63, 3.8) is 0 Å². The Bertz CT molecular complexity index is 634. The number of amides is 1. The van der Waals surface area contributed by atoms with E-state index < -0.39 is 16.6 Å². The molecule has 0 aliphatic carbocycles. The molecular weight excluding hydrogens is 290 g/mol. The number of nitriles is 1. The van der Waals surface area contributed by atoms with Crippen molar-refractivity contribution >= 4 is 11.8 Å². The van der Waals surface area contributed by atoms with E-state index in [0.717, 1.165) is 0 Å². The summed E-state index contributed by atoms with van der Waals surface area (Å²) in [7, 11) is 0. The van der Waals surface area contributed by atoms with Gasteiger partial charge in [-0.25, -0.2) is 4.79 Å². The molecule has 1 aliphatic heterocycles. The van der Waals surface area contributed by atoms with Crippen LogP contribution in [-0.4, -0.2) is 44.4 Å². The van der Waals surface area contributed by atoms with E-state index in [0.29, 0.717) is 13.1 Å². The predicted octanol–water partition coefficient (Wildman–Crippen LogP) is 1.65. The zero-order valence-electron chi connectivity index (χ0n) is 12.6. The number of aromatic nitrogens is 2. The highest BCUT2D eigenvalue weighted by Crippen LogP contribution is 2.26. The number of likely N-dealkylation sites (tertiary alicyclic amines) is 1. The van der Waals surface area contributed by atoms with Gasteiger partial charge < -0.3 is 9.64 Å². The molecule has 1 aromatic rings. The van der Waals surface area contributed by atoms with Crippen molar-refractivity contribution in [3.05, 3.63) is 22.0 Å². The summed E-state index contributed by atoms with van der Waals surface area (Å²) < 4.78 is 6.69. The fraction of sp³-hybridized carbons (Fsp3) is 0.615. The number of rotatable bonds is 3. The van der Waals surface area contributed by atoms with E-state index in [1.54, 1.807) is 20.8 Å². The summed E-state index contributed by atoms with van der Waals surface area (Å²) in [5, 5.41) is 23.7. The van der Waals surface area contributed by atoms with Gasteiger partial charge in [0.2, 0.25) is 0 Å². The van der Waals surface area contributed by atoms with E-state index in [9.17, 15) is 14.9 Å². The first-order valence-electron chi connectivity index (χ1n) is 6.78. The molecule has 0 N–H and O–H groups in total. The van der Waals surface area contributed by atoms with Gasteiger partial charge in [-0.15, -0.1) is 0 Å². The molecule has 1 aliphatic rings. The minimum absolute atomic E-state index is 0.119. The lowest BCUT2D eigenvalue weighted by molar-refractivity contribution is -0.385. The van der Waals surface area contributed by atoms with Crippen molar-refractivity contribution in [2.45, 2.75) is 38.8 Å². The number of hydrogen-bond acceptors (Lipinski definition) is 6. The standard InChI is InChI=1S/C13H17N5O4/c1-13(2,3)22-12(19)16-6-9(7-16)17-8-11(18(20)21)10(15-17)4-5-14/h8-9H,4,6-7H2,1-3H3. The van der Waals surface area contributed by atoms with Crippen molar-refractivity contribution in [1.82, 2.24) is 14.7 Å². The van der Waals surface area contributed by atoms with Crippen LogP contribution >= 0.6 is 0 Å². The summed E-state index contributed by atoms with van der Waals surface area (Å²) in [6.45, 7) is 6.10. The Balaban J connectivity index is 2.02. The van der Waals surface area contributed by atoms with Crippen LogP contribution in [0.5, 0.6) is 0 Å². The second-order valence-electron chi connectivity index (χ2n) is 6.07. The average Bonchev–Trinajstić information content (AvgIpc) is 2.69. The Morgan fingerprint density at radius 3 is 2.73 bits per heavy atom. The highest BCUT2D eigenvalue weighted by Gasteiger charge is 2.36. The van der Waals surface area contributed by atoms with Crippen molar-refractivity contribution in [2.75, 3.05) is 13.1 Å². The Hall–Kier alpha value is -2.63. The maximum atomic E-state index is 11.8. The molecule has 2 heterocycles. The third-order valence-corrected chi connectivity index (χ3v) is 3.12. The number of carbonyl (C=O) groups excluding carboxylic acids is 1. The molecular formula is C13H17N5O4. The Labute approximate surface area is 127 Å². The van der Waals surface area contributed by atoms with Gasteiger partial charge in [0.05, 0.1) is 23.5 Å². The smallest absolute Gasteiger partial charge is 0.410 e. The van der Waals surface area contributed by atoms with Crippen LogP contribution in [0.25, 0.3) is 0 Å². The van der Waals surface area contributed by atoms with Crippen LogP contribution in [0.2, 0.25) is 0 Å². The molecule has 0 saturated carbocycles. The summed E-state index contributed by atoms with van der Waals surface area (Å²) >= 11 is 0. The summed E-state index contributed by atoms with van der Waals surface area (Å²) in [4.78, 5) is 23.7. The summed E-state index contributed by atoms with van der Waals surface area (Å²) in [5.41, 5.74) is -0.590. The molecule has 9 heteroatoms. The molecule has 0 spiro atoms. The number of carbonyl (C=O) groups is 1. The topological polar surface area (TPSA) is 114 Å². The quantitative estimate of drug-likeness (QED) is 0.619. The average molecular weight is 307 g/mol. The van der Waals surface area contributed by atoms with Crippen molar-refractivity contribution < 1.29 is 14.5 Å². The van der Waals surface area contributed by atoms with E-state index in [1.807, 2.05) is 6.07 Å². The summed E-state index contributed by atoms with van der Waals surface area (Å²) in [6, 6.07) is 1.72. The van der Waals surface area contributed by atoms with E-state index in [2.05, 4.69) is 5.10 Å². The lowest BCUT2D eigenvalue weighted by atomic mass is 10.1. The molecule has 0 atom stereocenters. The maximum Gasteiger partial charge on any atom is 0.410 e. The third-order valence-electron chi connectivity index (χ3n) is 3.12.